The van der Waals surface area contributed by atoms with Crippen molar-refractivity contribution in [2.24, 2.45) is 14.5 Å². The van der Waals surface area contributed by atoms with Gasteiger partial charge in [0.15, 0.2) is 46.4 Å². The molecule has 0 aliphatic heterocycles. The molecule has 7 rings (SSSR count). The number of nitrogens with two attached hydrogens (primary N) is 1. The van der Waals surface area contributed by atoms with E-state index in [-0.39, 0.29) is 76.4 Å². The van der Waals surface area contributed by atoms with Gasteiger partial charge in [-0.2, -0.15) is 4.36 Å². The SMILES string of the molecule is N=C1C(=NS)C(/C=c2\ccc(=C3C(=O)c4cc(F)c(F)cc4C3=O)s2)=C(N)C(N=S)=C1/C=c1\ccc(=C2C(=O)c3cc(F)c(F)cc3C2=O)s1. The van der Waals surface area contributed by atoms with Crippen LogP contribution in [0.15, 0.2) is 79.8 Å². The summed E-state index contributed by atoms with van der Waals surface area (Å²) in [5, 5.41) is 8.93. The maximum absolute atomic E-state index is 13.8. The molecule has 2 aromatic heterocycles. The first-order valence-electron chi connectivity index (χ1n) is 14.0. The Labute approximate surface area is 295 Å². The van der Waals surface area contributed by atoms with Crippen molar-refractivity contribution in [3.8, 4) is 0 Å². The van der Waals surface area contributed by atoms with E-state index in [1.165, 1.54) is 24.3 Å². The van der Waals surface area contributed by atoms with Crippen molar-refractivity contribution in [1.82, 2.24) is 0 Å². The topological polar surface area (TPSA) is 143 Å². The molecule has 0 saturated heterocycles. The first kappa shape index (κ1) is 33.2. The molecule has 2 heterocycles. The quantitative estimate of drug-likeness (QED) is 0.166. The van der Waals surface area contributed by atoms with E-state index in [0.717, 1.165) is 22.7 Å². The van der Waals surface area contributed by atoms with Gasteiger partial charge in [0, 0.05) is 64.0 Å². The van der Waals surface area contributed by atoms with Gasteiger partial charge in [0.1, 0.15) is 11.4 Å². The molecule has 0 amide bonds. The summed E-state index contributed by atoms with van der Waals surface area (Å²) in [7, 11) is 0. The summed E-state index contributed by atoms with van der Waals surface area (Å²) in [6.45, 7) is 0. The van der Waals surface area contributed by atoms with Gasteiger partial charge in [-0.1, -0.05) is 0 Å². The van der Waals surface area contributed by atoms with Crippen LogP contribution < -0.4 is 23.9 Å². The first-order chi connectivity index (χ1) is 23.8. The van der Waals surface area contributed by atoms with Crippen LogP contribution in [0.3, 0.4) is 0 Å². The number of allylic oxidation sites excluding steroid dienone is 2. The second kappa shape index (κ2) is 12.2. The van der Waals surface area contributed by atoms with E-state index in [9.17, 15) is 36.7 Å². The van der Waals surface area contributed by atoms with Gasteiger partial charge in [-0.25, -0.2) is 22.0 Å². The zero-order chi connectivity index (χ0) is 35.8. The number of thiophene rings is 2. The van der Waals surface area contributed by atoms with Crippen LogP contribution in [0.2, 0.25) is 0 Å². The van der Waals surface area contributed by atoms with E-state index in [1.807, 2.05) is 0 Å². The number of fused-ring (bicyclic) bond motifs is 2. The van der Waals surface area contributed by atoms with E-state index in [4.69, 9.17) is 23.6 Å². The normalized spacial score (nSPS) is 17.7. The van der Waals surface area contributed by atoms with Crippen LogP contribution in [0.1, 0.15) is 41.4 Å². The zero-order valence-corrected chi connectivity index (χ0v) is 27.9. The van der Waals surface area contributed by atoms with Crippen molar-refractivity contribution in [2.75, 3.05) is 0 Å². The highest BCUT2D eigenvalue weighted by Crippen LogP contribution is 2.31. The predicted octanol–water partition coefficient (Wildman–Crippen LogP) is 3.60. The Balaban J connectivity index is 1.32. The number of ketones is 4. The molecular formula is C34H14F4N4O4S4. The van der Waals surface area contributed by atoms with Crippen LogP contribution >= 0.6 is 35.5 Å². The van der Waals surface area contributed by atoms with Crippen molar-refractivity contribution in [3.63, 3.8) is 0 Å². The highest BCUT2D eigenvalue weighted by Gasteiger charge is 2.37. The van der Waals surface area contributed by atoms with E-state index in [2.05, 4.69) is 21.6 Å². The van der Waals surface area contributed by atoms with Gasteiger partial charge in [-0.3, -0.25) is 24.6 Å². The third-order valence-corrected chi connectivity index (χ3v) is 10.6. The van der Waals surface area contributed by atoms with Gasteiger partial charge in [0.2, 0.25) is 0 Å². The summed E-state index contributed by atoms with van der Waals surface area (Å²) in [5.74, 6) is -7.99. The van der Waals surface area contributed by atoms with Crippen LogP contribution in [0.5, 0.6) is 0 Å². The number of Topliss-reactive ketones (excluding diaryl/α,β-unsaturated/α-hetero) is 4. The number of carbonyl (C=O) groups is 4. The van der Waals surface area contributed by atoms with Crippen LogP contribution in [-0.2, 0) is 12.4 Å². The number of carbonyl (C=O) groups excluding carboxylic acids is 4. The minimum Gasteiger partial charge on any atom is -0.396 e. The number of nitrogens with one attached hydrogen (secondary N) is 1. The number of hydrogen-bond donors (Lipinski definition) is 3. The number of rotatable bonds is 3. The summed E-state index contributed by atoms with van der Waals surface area (Å²) < 4.78 is 64.4. The summed E-state index contributed by atoms with van der Waals surface area (Å²) >= 11 is 11.1. The van der Waals surface area contributed by atoms with Crippen LogP contribution in [0, 0.1) is 28.7 Å². The number of hydrogen-bond acceptors (Lipinski definition) is 12. The average molecular weight is 747 g/mol. The van der Waals surface area contributed by atoms with Gasteiger partial charge in [0.05, 0.1) is 22.6 Å². The first-order valence-corrected chi connectivity index (χ1v) is 16.4. The van der Waals surface area contributed by atoms with Crippen molar-refractivity contribution in [1.29, 1.82) is 5.41 Å². The molecule has 246 valence electrons. The van der Waals surface area contributed by atoms with Gasteiger partial charge in [-0.05, 0) is 73.5 Å². The molecule has 16 heteroatoms. The molecule has 3 aliphatic rings. The molecule has 2 aromatic carbocycles. The van der Waals surface area contributed by atoms with Crippen LogP contribution in [0.25, 0.3) is 23.3 Å². The summed E-state index contributed by atoms with van der Waals surface area (Å²) in [6.07, 6.45) is 3.03. The summed E-state index contributed by atoms with van der Waals surface area (Å²) in [5.41, 5.74) is 5.25. The molecule has 0 saturated carbocycles. The summed E-state index contributed by atoms with van der Waals surface area (Å²) in [4.78, 5) is 51.9. The third-order valence-electron chi connectivity index (χ3n) is 8.08. The Kier molecular flexibility index (Phi) is 8.13. The molecule has 0 radical (unpaired) electrons. The van der Waals surface area contributed by atoms with Crippen molar-refractivity contribution >= 4 is 106 Å². The van der Waals surface area contributed by atoms with E-state index in [1.54, 1.807) is 12.1 Å². The Morgan fingerprint density at radius 3 is 1.42 bits per heavy atom. The van der Waals surface area contributed by atoms with E-state index in [0.29, 0.717) is 33.3 Å². The lowest BCUT2D eigenvalue weighted by atomic mass is 9.89. The fourth-order valence-electron chi connectivity index (χ4n) is 5.72. The smallest absolute Gasteiger partial charge is 0.199 e. The average Bonchev–Trinajstić information content (AvgIpc) is 3.84. The maximum atomic E-state index is 13.8. The molecule has 0 atom stereocenters. The number of thiol groups is 1. The lowest BCUT2D eigenvalue weighted by molar-refractivity contribution is 0.101. The molecular weight excluding hydrogens is 733 g/mol. The third kappa shape index (κ3) is 5.10. The van der Waals surface area contributed by atoms with Crippen molar-refractivity contribution in [3.05, 3.63) is 135 Å². The molecule has 3 aliphatic carbocycles. The fourth-order valence-corrected chi connectivity index (χ4v) is 8.11. The second-order valence-corrected chi connectivity index (χ2v) is 13.5. The van der Waals surface area contributed by atoms with E-state index < -0.39 is 46.4 Å². The van der Waals surface area contributed by atoms with Crippen LogP contribution in [0.4, 0.5) is 17.6 Å². The molecule has 8 nitrogen and oxygen atoms in total. The van der Waals surface area contributed by atoms with Crippen molar-refractivity contribution < 1.29 is 36.7 Å². The monoisotopic (exact) mass is 746 g/mol. The molecule has 50 heavy (non-hydrogen) atoms. The molecule has 0 unspecified atom stereocenters. The lowest BCUT2D eigenvalue weighted by Gasteiger charge is -2.20. The van der Waals surface area contributed by atoms with Gasteiger partial charge in [0.25, 0.3) is 0 Å². The number of benzene rings is 2. The molecule has 4 aromatic rings. The van der Waals surface area contributed by atoms with Gasteiger partial charge < -0.3 is 5.73 Å². The minimum atomic E-state index is -1.25. The Bertz CT molecular complexity index is 2650. The Hall–Kier alpha value is -5.29. The second-order valence-electron chi connectivity index (χ2n) is 10.9. The fraction of sp³-hybridized carbons (Fsp3) is 0. The predicted molar refractivity (Wildman–Crippen MR) is 185 cm³/mol. The molecule has 0 fully saturated rings. The largest absolute Gasteiger partial charge is 0.396 e. The van der Waals surface area contributed by atoms with Crippen molar-refractivity contribution in [2.45, 2.75) is 0 Å². The van der Waals surface area contributed by atoms with E-state index >= 15 is 0 Å². The Morgan fingerprint density at radius 1 is 0.680 bits per heavy atom. The number of nitrogens with zero attached hydrogens (tertiary/aromatic N) is 2. The highest BCUT2D eigenvalue weighted by molar-refractivity contribution is 7.79. The molecule has 0 bridgehead atoms. The van der Waals surface area contributed by atoms with Gasteiger partial charge >= 0.3 is 0 Å². The maximum Gasteiger partial charge on any atom is 0.199 e. The van der Waals surface area contributed by atoms with Gasteiger partial charge in [-0.15, -0.1) is 22.7 Å². The number of halogens is 4. The van der Waals surface area contributed by atoms with Crippen LogP contribution in [-0.4, -0.2) is 34.6 Å². The standard InChI is InChI=1S/C34H14F4N4O4S4/c35-19-7-13-14(8-20(19)36)32(44)25(31(13)43)23-3-1-11(49-23)5-17-27(39)30(42-48)18(28(40)29(17)41-47)6-12-2-4-24(50-12)26-33(45)15-9-21(37)22(38)10-16(15)34(26)46/h1-10,39,48H,40H2/b11-5+,12-6+,39-27?,42-30?. The lowest BCUT2D eigenvalue weighted by Crippen LogP contribution is -2.27. The highest BCUT2D eigenvalue weighted by atomic mass is 32.1. The summed E-state index contributed by atoms with van der Waals surface area (Å²) in [6, 6.07) is 8.90. The Morgan fingerprint density at radius 2 is 1.06 bits per heavy atom. The molecule has 3 N–H and O–H groups in total. The molecule has 0 spiro atoms. The minimum absolute atomic E-state index is 0.0100. The zero-order valence-electron chi connectivity index (χ0n) is 24.6.